The molecule has 0 atom stereocenters. The molecule has 7 heteroatoms. The van der Waals surface area contributed by atoms with Gasteiger partial charge in [0.1, 0.15) is 11.6 Å². The summed E-state index contributed by atoms with van der Waals surface area (Å²) in [6.07, 6.45) is 0. The number of carbonyl (C=O) groups is 1. The Hall–Kier alpha value is -3.32. The number of anilines is 3. The van der Waals surface area contributed by atoms with E-state index in [1.807, 2.05) is 67.5 Å². The average molecular weight is 420 g/mol. The number of benzene rings is 2. The number of fused-ring (bicyclic) bond motifs is 1. The molecule has 2 aromatic carbocycles. The predicted molar refractivity (Wildman–Crippen MR) is 126 cm³/mol. The number of pyridine rings is 1. The van der Waals surface area contributed by atoms with Crippen LogP contribution in [0.5, 0.6) is 5.75 Å². The summed E-state index contributed by atoms with van der Waals surface area (Å²) in [5.41, 5.74) is 2.77. The normalized spacial score (nSPS) is 14.5. The number of amides is 1. The third kappa shape index (κ3) is 4.72. The Morgan fingerprint density at radius 1 is 1.06 bits per heavy atom. The van der Waals surface area contributed by atoms with E-state index in [9.17, 15) is 4.79 Å². The second kappa shape index (κ2) is 9.22. The van der Waals surface area contributed by atoms with Gasteiger partial charge in [0.2, 0.25) is 5.91 Å². The fourth-order valence-electron chi connectivity index (χ4n) is 3.92. The number of hydrogen-bond donors (Lipinski definition) is 1. The number of para-hydroxylation sites is 3. The van der Waals surface area contributed by atoms with E-state index in [4.69, 9.17) is 4.74 Å². The maximum absolute atomic E-state index is 12.8. The Labute approximate surface area is 183 Å². The molecule has 162 valence electrons. The molecule has 0 saturated carbocycles. The lowest BCUT2D eigenvalue weighted by atomic mass is 10.1. The molecule has 1 aliphatic heterocycles. The van der Waals surface area contributed by atoms with E-state index in [0.717, 1.165) is 60.0 Å². The van der Waals surface area contributed by atoms with Crippen LogP contribution in [0, 0.1) is 0 Å². The second-order valence-corrected chi connectivity index (χ2v) is 7.92. The van der Waals surface area contributed by atoms with Gasteiger partial charge in [0.25, 0.3) is 0 Å². The number of nitrogens with one attached hydrogen (secondary N) is 1. The minimum absolute atomic E-state index is 0.00759. The highest BCUT2D eigenvalue weighted by atomic mass is 16.5. The van der Waals surface area contributed by atoms with Gasteiger partial charge in [0.05, 0.1) is 30.5 Å². The van der Waals surface area contributed by atoms with Crippen molar-refractivity contribution in [1.82, 2.24) is 9.88 Å². The highest BCUT2D eigenvalue weighted by molar-refractivity contribution is 6.02. The zero-order valence-corrected chi connectivity index (χ0v) is 18.3. The van der Waals surface area contributed by atoms with Crippen LogP contribution in [0.25, 0.3) is 10.9 Å². The van der Waals surface area contributed by atoms with Crippen molar-refractivity contribution in [2.24, 2.45) is 0 Å². The topological polar surface area (TPSA) is 60.9 Å². The van der Waals surface area contributed by atoms with Crippen molar-refractivity contribution in [3.63, 3.8) is 0 Å². The molecular weight excluding hydrogens is 390 g/mol. The monoisotopic (exact) mass is 419 g/mol. The summed E-state index contributed by atoms with van der Waals surface area (Å²) in [6.45, 7) is 3.73. The molecule has 0 bridgehead atoms. The van der Waals surface area contributed by atoms with Gasteiger partial charge < -0.3 is 19.9 Å². The van der Waals surface area contributed by atoms with Gasteiger partial charge in [0.15, 0.2) is 0 Å². The number of ether oxygens (including phenoxy) is 1. The standard InChI is InChI=1S/C24H29N5O2/c1-27(2)23-16-20(18-8-4-5-9-19(18)25-23)26-24(30)17-28-12-14-29(15-13-28)21-10-6-7-11-22(21)31-3/h4-11,16H,12-15,17H2,1-3H3,(H,25,26,30). The molecule has 1 aromatic heterocycles. The van der Waals surface area contributed by atoms with Crippen molar-refractivity contribution in [3.8, 4) is 5.75 Å². The summed E-state index contributed by atoms with van der Waals surface area (Å²) < 4.78 is 5.49. The lowest BCUT2D eigenvalue weighted by Gasteiger charge is -2.36. The van der Waals surface area contributed by atoms with E-state index in [0.29, 0.717) is 6.54 Å². The molecule has 1 amide bonds. The smallest absolute Gasteiger partial charge is 0.238 e. The zero-order chi connectivity index (χ0) is 21.8. The van der Waals surface area contributed by atoms with Crippen LogP contribution in [0.3, 0.4) is 0 Å². The van der Waals surface area contributed by atoms with Crippen LogP contribution in [-0.4, -0.2) is 69.7 Å². The number of aromatic nitrogens is 1. The Morgan fingerprint density at radius 2 is 1.77 bits per heavy atom. The average Bonchev–Trinajstić information content (AvgIpc) is 2.79. The molecule has 2 heterocycles. The molecule has 31 heavy (non-hydrogen) atoms. The van der Waals surface area contributed by atoms with Crippen LogP contribution >= 0.6 is 0 Å². The minimum atomic E-state index is -0.00759. The van der Waals surface area contributed by atoms with Gasteiger partial charge >= 0.3 is 0 Å². The van der Waals surface area contributed by atoms with Crippen LogP contribution in [-0.2, 0) is 4.79 Å². The molecule has 1 fully saturated rings. The molecular formula is C24H29N5O2. The predicted octanol–water partition coefficient (Wildman–Crippen LogP) is 3.07. The van der Waals surface area contributed by atoms with Crippen LogP contribution in [0.15, 0.2) is 54.6 Å². The SMILES string of the molecule is COc1ccccc1N1CCN(CC(=O)Nc2cc(N(C)C)nc3ccccc23)CC1. The lowest BCUT2D eigenvalue weighted by molar-refractivity contribution is -0.117. The molecule has 0 aliphatic carbocycles. The van der Waals surface area contributed by atoms with Crippen molar-refractivity contribution in [2.75, 3.05) is 69.0 Å². The molecule has 1 saturated heterocycles. The molecule has 0 radical (unpaired) electrons. The first-order valence-electron chi connectivity index (χ1n) is 10.5. The Morgan fingerprint density at radius 3 is 2.52 bits per heavy atom. The van der Waals surface area contributed by atoms with Crippen molar-refractivity contribution < 1.29 is 9.53 Å². The second-order valence-electron chi connectivity index (χ2n) is 7.92. The van der Waals surface area contributed by atoms with E-state index < -0.39 is 0 Å². The lowest BCUT2D eigenvalue weighted by Crippen LogP contribution is -2.48. The van der Waals surface area contributed by atoms with E-state index >= 15 is 0 Å². The Bertz CT molecular complexity index is 1060. The number of piperazine rings is 1. The zero-order valence-electron chi connectivity index (χ0n) is 18.3. The number of rotatable bonds is 6. The largest absolute Gasteiger partial charge is 0.495 e. The van der Waals surface area contributed by atoms with Crippen LogP contribution in [0.4, 0.5) is 17.2 Å². The van der Waals surface area contributed by atoms with Crippen LogP contribution < -0.4 is 19.9 Å². The number of nitrogens with zero attached hydrogens (tertiary/aromatic N) is 4. The Balaban J connectivity index is 1.40. The quantitative estimate of drug-likeness (QED) is 0.663. The first-order chi connectivity index (χ1) is 15.0. The number of carbonyl (C=O) groups excluding carboxylic acids is 1. The molecule has 0 spiro atoms. The molecule has 4 rings (SSSR count). The highest BCUT2D eigenvalue weighted by Gasteiger charge is 2.21. The highest BCUT2D eigenvalue weighted by Crippen LogP contribution is 2.29. The van der Waals surface area contributed by atoms with Gasteiger partial charge in [-0.1, -0.05) is 30.3 Å². The third-order valence-corrected chi connectivity index (χ3v) is 5.60. The van der Waals surface area contributed by atoms with Gasteiger partial charge in [-0.05, 0) is 18.2 Å². The summed E-state index contributed by atoms with van der Waals surface area (Å²) in [4.78, 5) is 23.9. The van der Waals surface area contributed by atoms with Crippen molar-refractivity contribution >= 4 is 34.0 Å². The summed E-state index contributed by atoms with van der Waals surface area (Å²) in [7, 11) is 5.60. The summed E-state index contributed by atoms with van der Waals surface area (Å²) in [6, 6.07) is 17.9. The van der Waals surface area contributed by atoms with E-state index in [1.54, 1.807) is 7.11 Å². The van der Waals surface area contributed by atoms with Gasteiger partial charge in [-0.25, -0.2) is 4.98 Å². The van der Waals surface area contributed by atoms with E-state index in [2.05, 4.69) is 26.2 Å². The fraction of sp³-hybridized carbons (Fsp3) is 0.333. The van der Waals surface area contributed by atoms with Gasteiger partial charge in [0, 0.05) is 51.7 Å². The molecule has 1 aliphatic rings. The maximum Gasteiger partial charge on any atom is 0.238 e. The fourth-order valence-corrected chi connectivity index (χ4v) is 3.92. The molecule has 7 nitrogen and oxygen atoms in total. The van der Waals surface area contributed by atoms with Gasteiger partial charge in [-0.3, -0.25) is 9.69 Å². The molecule has 3 aromatic rings. The summed E-state index contributed by atoms with van der Waals surface area (Å²) in [5.74, 6) is 1.70. The first kappa shape index (κ1) is 20.9. The van der Waals surface area contributed by atoms with Crippen LogP contribution in [0.2, 0.25) is 0 Å². The molecule has 1 N–H and O–H groups in total. The van der Waals surface area contributed by atoms with E-state index in [-0.39, 0.29) is 5.91 Å². The Kier molecular flexibility index (Phi) is 6.23. The number of methoxy groups -OCH3 is 1. The van der Waals surface area contributed by atoms with Gasteiger partial charge in [-0.15, -0.1) is 0 Å². The summed E-state index contributed by atoms with van der Waals surface area (Å²) >= 11 is 0. The molecule has 0 unspecified atom stereocenters. The summed E-state index contributed by atoms with van der Waals surface area (Å²) in [5, 5.41) is 4.05. The van der Waals surface area contributed by atoms with Crippen LogP contribution in [0.1, 0.15) is 0 Å². The van der Waals surface area contributed by atoms with Gasteiger partial charge in [-0.2, -0.15) is 0 Å². The van der Waals surface area contributed by atoms with Crippen molar-refractivity contribution in [2.45, 2.75) is 0 Å². The number of hydrogen-bond acceptors (Lipinski definition) is 6. The van der Waals surface area contributed by atoms with Crippen molar-refractivity contribution in [3.05, 3.63) is 54.6 Å². The van der Waals surface area contributed by atoms with Crippen molar-refractivity contribution in [1.29, 1.82) is 0 Å². The first-order valence-corrected chi connectivity index (χ1v) is 10.5. The third-order valence-electron chi connectivity index (χ3n) is 5.60. The van der Waals surface area contributed by atoms with E-state index in [1.165, 1.54) is 0 Å². The minimum Gasteiger partial charge on any atom is -0.495 e. The maximum atomic E-state index is 12.8.